The van der Waals surface area contributed by atoms with Crippen LogP contribution in [-0.4, -0.2) is 31.1 Å². The van der Waals surface area contributed by atoms with Gasteiger partial charge in [0.05, 0.1) is 11.7 Å². The lowest BCUT2D eigenvalue weighted by Gasteiger charge is -2.32. The maximum Gasteiger partial charge on any atom is 0.314 e. The predicted molar refractivity (Wildman–Crippen MR) is 113 cm³/mol. The molecule has 166 valence electrons. The minimum absolute atomic E-state index is 0.0903. The number of aliphatic hydroxyl groups is 1. The van der Waals surface area contributed by atoms with Crippen LogP contribution in [0.25, 0.3) is 11.5 Å². The molecule has 1 aliphatic heterocycles. The molecule has 5 rings (SSSR count). The monoisotopic (exact) mass is 448 g/mol. The summed E-state index contributed by atoms with van der Waals surface area (Å²) in [5, 5.41) is 18.2. The first-order valence-corrected chi connectivity index (χ1v) is 10.2. The average Bonchev–Trinajstić information content (AvgIpc) is 3.46. The van der Waals surface area contributed by atoms with Gasteiger partial charge in [0.25, 0.3) is 11.8 Å². The second kappa shape index (κ2) is 8.51. The maximum atomic E-state index is 13.5. The van der Waals surface area contributed by atoms with Crippen LogP contribution in [0.1, 0.15) is 51.6 Å². The molecular weight excluding hydrogens is 430 g/mol. The summed E-state index contributed by atoms with van der Waals surface area (Å²) in [5.74, 6) is -1.17. The van der Waals surface area contributed by atoms with Gasteiger partial charge in [-0.3, -0.25) is 9.78 Å². The minimum Gasteiger partial charge on any atom is -0.415 e. The van der Waals surface area contributed by atoms with Crippen LogP contribution < -0.4 is 0 Å². The molecule has 7 nitrogen and oxygen atoms in total. The van der Waals surface area contributed by atoms with Gasteiger partial charge in [0.15, 0.2) is 0 Å². The van der Waals surface area contributed by atoms with E-state index in [4.69, 9.17) is 4.42 Å². The molecule has 0 saturated carbocycles. The molecule has 2 aromatic carbocycles. The van der Waals surface area contributed by atoms with Crippen LogP contribution in [-0.2, 0) is 6.54 Å². The average molecular weight is 448 g/mol. The molecule has 33 heavy (non-hydrogen) atoms. The number of nitrogens with zero attached hydrogens (tertiary/aromatic N) is 4. The Morgan fingerprint density at radius 2 is 1.79 bits per heavy atom. The molecule has 9 heteroatoms. The minimum atomic E-state index is -2.88. The number of pyridine rings is 1. The van der Waals surface area contributed by atoms with Crippen molar-refractivity contribution >= 4 is 5.91 Å². The molecule has 1 N–H and O–H groups in total. The van der Waals surface area contributed by atoms with Crippen molar-refractivity contribution in [1.29, 1.82) is 0 Å². The van der Waals surface area contributed by atoms with Crippen molar-refractivity contribution in [2.75, 3.05) is 0 Å². The molecule has 0 saturated heterocycles. The Morgan fingerprint density at radius 3 is 2.48 bits per heavy atom. The molecule has 1 amide bonds. The molecule has 0 unspecified atom stereocenters. The zero-order valence-electron chi connectivity index (χ0n) is 17.2. The van der Waals surface area contributed by atoms with Crippen LogP contribution in [0.3, 0.4) is 0 Å². The summed E-state index contributed by atoms with van der Waals surface area (Å²) in [6.45, 7) is 0.268. The Labute approximate surface area is 187 Å². The summed E-state index contributed by atoms with van der Waals surface area (Å²) in [4.78, 5) is 19.3. The summed E-state index contributed by atoms with van der Waals surface area (Å²) in [6.07, 6.45) is -2.35. The third kappa shape index (κ3) is 3.87. The number of amides is 1. The Kier molecular flexibility index (Phi) is 5.39. The van der Waals surface area contributed by atoms with Crippen LogP contribution in [0.4, 0.5) is 8.78 Å². The second-order valence-corrected chi connectivity index (χ2v) is 7.61. The van der Waals surface area contributed by atoms with Gasteiger partial charge in [-0.25, -0.2) is 0 Å². The molecule has 2 atom stereocenters. The van der Waals surface area contributed by atoms with E-state index in [1.165, 1.54) is 0 Å². The highest BCUT2D eigenvalue weighted by molar-refractivity contribution is 5.99. The number of hydrogen-bond acceptors (Lipinski definition) is 6. The van der Waals surface area contributed by atoms with Crippen molar-refractivity contribution in [2.24, 2.45) is 0 Å². The van der Waals surface area contributed by atoms with E-state index in [1.807, 2.05) is 30.3 Å². The van der Waals surface area contributed by atoms with E-state index in [0.29, 0.717) is 16.8 Å². The quantitative estimate of drug-likeness (QED) is 0.467. The summed E-state index contributed by atoms with van der Waals surface area (Å²) in [6, 6.07) is 18.7. The van der Waals surface area contributed by atoms with Crippen molar-refractivity contribution < 1.29 is 23.1 Å². The van der Waals surface area contributed by atoms with Crippen LogP contribution >= 0.6 is 0 Å². The van der Waals surface area contributed by atoms with Crippen molar-refractivity contribution in [3.63, 3.8) is 0 Å². The van der Waals surface area contributed by atoms with E-state index >= 15 is 0 Å². The predicted octanol–water partition coefficient (Wildman–Crippen LogP) is 4.50. The molecule has 0 spiro atoms. The number of alkyl halides is 2. The molecule has 4 aromatic rings. The number of hydrogen-bond donors (Lipinski definition) is 1. The van der Waals surface area contributed by atoms with Gasteiger partial charge >= 0.3 is 6.43 Å². The first-order chi connectivity index (χ1) is 16.0. The lowest BCUT2D eigenvalue weighted by molar-refractivity contribution is 0.0345. The molecular formula is C24H18F2N4O3. The van der Waals surface area contributed by atoms with Crippen molar-refractivity contribution in [3.8, 4) is 11.5 Å². The van der Waals surface area contributed by atoms with E-state index in [9.17, 15) is 18.7 Å². The Morgan fingerprint density at radius 1 is 1.00 bits per heavy atom. The standard InChI is InChI=1S/C24H18F2N4O3/c25-21(26)23-29-28-22(33-23)15-9-10-16-13-30(24(32)17(16)12-15)19(14-6-2-1-3-7-14)20(31)18-8-4-5-11-27-18/h1-12,19-21,31H,13H2/t19-,20+/m1/s1. The Balaban J connectivity index is 1.50. The van der Waals surface area contributed by atoms with Gasteiger partial charge in [-0.15, -0.1) is 10.2 Å². The SMILES string of the molecule is O=C1c2cc(-c3nnc(C(F)F)o3)ccc2CN1[C@H](c1ccccc1)[C@@H](O)c1ccccn1. The number of aromatic nitrogens is 3. The molecule has 0 radical (unpaired) electrons. The molecule has 0 bridgehead atoms. The van der Waals surface area contributed by atoms with Crippen molar-refractivity contribution in [1.82, 2.24) is 20.1 Å². The van der Waals surface area contributed by atoms with Gasteiger partial charge in [0, 0.05) is 23.9 Å². The van der Waals surface area contributed by atoms with E-state index in [0.717, 1.165) is 11.1 Å². The topological polar surface area (TPSA) is 92.4 Å². The van der Waals surface area contributed by atoms with E-state index in [-0.39, 0.29) is 18.3 Å². The number of benzene rings is 2. The molecule has 3 heterocycles. The van der Waals surface area contributed by atoms with E-state index < -0.39 is 24.5 Å². The van der Waals surface area contributed by atoms with Crippen molar-refractivity contribution in [2.45, 2.75) is 25.1 Å². The van der Waals surface area contributed by atoms with Gasteiger partial charge in [0.2, 0.25) is 5.89 Å². The van der Waals surface area contributed by atoms with E-state index in [1.54, 1.807) is 47.5 Å². The second-order valence-electron chi connectivity index (χ2n) is 7.61. The third-order valence-electron chi connectivity index (χ3n) is 5.58. The Hall–Kier alpha value is -3.98. The highest BCUT2D eigenvalue weighted by Gasteiger charge is 2.38. The fraction of sp³-hybridized carbons (Fsp3) is 0.167. The molecule has 2 aromatic heterocycles. The summed E-state index contributed by atoms with van der Waals surface area (Å²) < 4.78 is 30.6. The number of fused-ring (bicyclic) bond motifs is 1. The lowest BCUT2D eigenvalue weighted by Crippen LogP contribution is -2.33. The normalized spacial score (nSPS) is 15.0. The van der Waals surface area contributed by atoms with Crippen LogP contribution in [0.5, 0.6) is 0 Å². The maximum absolute atomic E-state index is 13.5. The smallest absolute Gasteiger partial charge is 0.314 e. The van der Waals surface area contributed by atoms with Gasteiger partial charge < -0.3 is 14.4 Å². The Bertz CT molecular complexity index is 1280. The fourth-order valence-corrected chi connectivity index (χ4v) is 4.02. The van der Waals surface area contributed by atoms with Gasteiger partial charge in [-0.1, -0.05) is 42.5 Å². The third-order valence-corrected chi connectivity index (χ3v) is 5.58. The summed E-state index contributed by atoms with van der Waals surface area (Å²) in [5.41, 5.74) is 2.70. The highest BCUT2D eigenvalue weighted by Crippen LogP contribution is 2.39. The molecule has 1 aliphatic rings. The van der Waals surface area contributed by atoms with Crippen molar-refractivity contribution in [3.05, 3.63) is 101 Å². The summed E-state index contributed by atoms with van der Waals surface area (Å²) in [7, 11) is 0. The number of halogens is 2. The van der Waals surface area contributed by atoms with Crippen LogP contribution in [0, 0.1) is 0 Å². The zero-order chi connectivity index (χ0) is 22.9. The molecule has 0 fully saturated rings. The number of rotatable bonds is 6. The zero-order valence-corrected chi connectivity index (χ0v) is 17.2. The number of aliphatic hydroxyl groups excluding tert-OH is 1. The van der Waals surface area contributed by atoms with Crippen LogP contribution in [0.15, 0.2) is 77.3 Å². The first kappa shape index (κ1) is 20.9. The summed E-state index contributed by atoms with van der Waals surface area (Å²) >= 11 is 0. The van der Waals surface area contributed by atoms with Gasteiger partial charge in [0.1, 0.15) is 6.10 Å². The largest absolute Gasteiger partial charge is 0.415 e. The number of carbonyl (C=O) groups is 1. The van der Waals surface area contributed by atoms with Crippen LogP contribution in [0.2, 0.25) is 0 Å². The van der Waals surface area contributed by atoms with Gasteiger partial charge in [-0.05, 0) is 35.4 Å². The highest BCUT2D eigenvalue weighted by atomic mass is 19.3. The lowest BCUT2D eigenvalue weighted by atomic mass is 9.97. The number of carbonyl (C=O) groups excluding carboxylic acids is 1. The molecule has 0 aliphatic carbocycles. The van der Waals surface area contributed by atoms with Gasteiger partial charge in [-0.2, -0.15) is 8.78 Å². The first-order valence-electron chi connectivity index (χ1n) is 10.2. The fourth-order valence-electron chi connectivity index (χ4n) is 4.02. The van der Waals surface area contributed by atoms with E-state index in [2.05, 4.69) is 15.2 Å².